The van der Waals surface area contributed by atoms with E-state index in [0.717, 1.165) is 5.69 Å². The predicted octanol–water partition coefficient (Wildman–Crippen LogP) is 1.32. The fourth-order valence-electron chi connectivity index (χ4n) is 2.37. The number of benzene rings is 1. The van der Waals surface area contributed by atoms with Crippen molar-refractivity contribution in [2.24, 2.45) is 0 Å². The van der Waals surface area contributed by atoms with Crippen molar-refractivity contribution in [3.05, 3.63) is 64.9 Å². The Kier molecular flexibility index (Phi) is 3.00. The zero-order valence-electron chi connectivity index (χ0n) is 12.2. The molecule has 114 valence electrons. The third kappa shape index (κ3) is 2.30. The molecule has 0 saturated carbocycles. The molecule has 0 aliphatic carbocycles. The number of rotatable bonds is 3. The van der Waals surface area contributed by atoms with E-state index >= 15 is 0 Å². The van der Waals surface area contributed by atoms with Crippen molar-refractivity contribution in [3.63, 3.8) is 0 Å². The number of hydrogen-bond acceptors (Lipinski definition) is 6. The third-order valence-electron chi connectivity index (χ3n) is 3.43. The van der Waals surface area contributed by atoms with Crippen LogP contribution in [0.2, 0.25) is 0 Å². The Morgan fingerprint density at radius 3 is 2.78 bits per heavy atom. The van der Waals surface area contributed by atoms with Crippen LogP contribution in [0.3, 0.4) is 0 Å². The normalized spacial score (nSPS) is 11.2. The fourth-order valence-corrected chi connectivity index (χ4v) is 2.37. The standard InChI is InChI=1S/C15H12N6O2/c1-10-18-13(23-19-10)8-20-9-16-14-12(15(20)22)7-17-21(14)11-5-3-2-4-6-11/h2-7,9H,8H2,1H3. The second kappa shape index (κ2) is 5.16. The molecule has 4 aromatic rings. The minimum Gasteiger partial charge on any atom is -0.337 e. The van der Waals surface area contributed by atoms with Crippen molar-refractivity contribution in [1.82, 2.24) is 29.5 Å². The van der Waals surface area contributed by atoms with Gasteiger partial charge in [-0.2, -0.15) is 10.1 Å². The van der Waals surface area contributed by atoms with E-state index < -0.39 is 0 Å². The lowest BCUT2D eigenvalue weighted by Gasteiger charge is -2.04. The molecule has 0 saturated heterocycles. The molecule has 0 atom stereocenters. The summed E-state index contributed by atoms with van der Waals surface area (Å²) in [5, 5.41) is 8.42. The Balaban J connectivity index is 1.79. The van der Waals surface area contributed by atoms with E-state index in [-0.39, 0.29) is 12.1 Å². The maximum atomic E-state index is 12.6. The van der Waals surface area contributed by atoms with Gasteiger partial charge in [0, 0.05) is 0 Å². The molecule has 8 nitrogen and oxygen atoms in total. The highest BCUT2D eigenvalue weighted by Gasteiger charge is 2.13. The van der Waals surface area contributed by atoms with Crippen LogP contribution in [0.1, 0.15) is 11.7 Å². The van der Waals surface area contributed by atoms with E-state index in [2.05, 4.69) is 20.2 Å². The molecule has 0 unspecified atom stereocenters. The van der Waals surface area contributed by atoms with Gasteiger partial charge in [0.2, 0.25) is 5.89 Å². The first-order valence-corrected chi connectivity index (χ1v) is 7.00. The first kappa shape index (κ1) is 13.4. The highest BCUT2D eigenvalue weighted by atomic mass is 16.5. The van der Waals surface area contributed by atoms with Crippen molar-refractivity contribution >= 4 is 11.0 Å². The Hall–Kier alpha value is -3.29. The van der Waals surface area contributed by atoms with Gasteiger partial charge in [-0.05, 0) is 19.1 Å². The van der Waals surface area contributed by atoms with Crippen LogP contribution in [0.15, 0.2) is 52.2 Å². The second-order valence-electron chi connectivity index (χ2n) is 5.04. The van der Waals surface area contributed by atoms with Crippen LogP contribution >= 0.6 is 0 Å². The topological polar surface area (TPSA) is 91.6 Å². The first-order valence-electron chi connectivity index (χ1n) is 7.00. The molecule has 0 radical (unpaired) electrons. The van der Waals surface area contributed by atoms with Crippen molar-refractivity contribution < 1.29 is 4.52 Å². The minimum atomic E-state index is -0.201. The van der Waals surface area contributed by atoms with Gasteiger partial charge in [-0.15, -0.1) is 0 Å². The van der Waals surface area contributed by atoms with E-state index in [1.165, 1.54) is 17.1 Å². The minimum absolute atomic E-state index is 0.180. The average Bonchev–Trinajstić information content (AvgIpc) is 3.17. The fraction of sp³-hybridized carbons (Fsp3) is 0.133. The van der Waals surface area contributed by atoms with Crippen LogP contribution < -0.4 is 5.56 Å². The molecular formula is C15H12N6O2. The second-order valence-corrected chi connectivity index (χ2v) is 5.04. The van der Waals surface area contributed by atoms with Crippen molar-refractivity contribution in [2.45, 2.75) is 13.5 Å². The van der Waals surface area contributed by atoms with Gasteiger partial charge in [-0.1, -0.05) is 23.4 Å². The van der Waals surface area contributed by atoms with Crippen molar-refractivity contribution in [3.8, 4) is 5.69 Å². The van der Waals surface area contributed by atoms with Gasteiger partial charge in [0.15, 0.2) is 11.5 Å². The summed E-state index contributed by atoms with van der Waals surface area (Å²) in [5.74, 6) is 0.889. The summed E-state index contributed by atoms with van der Waals surface area (Å²) in [6.07, 6.45) is 2.98. The highest BCUT2D eigenvalue weighted by molar-refractivity contribution is 5.74. The summed E-state index contributed by atoms with van der Waals surface area (Å²) in [6.45, 7) is 1.90. The monoisotopic (exact) mass is 308 g/mol. The van der Waals surface area contributed by atoms with E-state index in [4.69, 9.17) is 4.52 Å². The number of fused-ring (bicyclic) bond motifs is 1. The van der Waals surface area contributed by atoms with Gasteiger partial charge in [0.25, 0.3) is 5.56 Å². The molecule has 0 aliphatic heterocycles. The molecule has 1 aromatic carbocycles. The van der Waals surface area contributed by atoms with E-state index in [0.29, 0.717) is 22.7 Å². The van der Waals surface area contributed by atoms with Gasteiger partial charge in [-0.25, -0.2) is 9.67 Å². The molecule has 3 aromatic heterocycles. The number of aromatic nitrogens is 6. The van der Waals surface area contributed by atoms with Crippen LogP contribution in [0.4, 0.5) is 0 Å². The quantitative estimate of drug-likeness (QED) is 0.567. The molecule has 0 bridgehead atoms. The molecule has 3 heterocycles. The zero-order valence-corrected chi connectivity index (χ0v) is 12.2. The van der Waals surface area contributed by atoms with Crippen LogP contribution in [0.5, 0.6) is 0 Å². The molecule has 8 heteroatoms. The third-order valence-corrected chi connectivity index (χ3v) is 3.43. The summed E-state index contributed by atoms with van der Waals surface area (Å²) < 4.78 is 8.10. The Labute approximate surface area is 130 Å². The number of hydrogen-bond donors (Lipinski definition) is 0. The summed E-state index contributed by atoms with van der Waals surface area (Å²) >= 11 is 0. The summed E-state index contributed by atoms with van der Waals surface area (Å²) in [7, 11) is 0. The number of para-hydroxylation sites is 1. The maximum absolute atomic E-state index is 12.6. The van der Waals surface area contributed by atoms with Crippen LogP contribution in [0, 0.1) is 6.92 Å². The Morgan fingerprint density at radius 1 is 1.22 bits per heavy atom. The molecule has 0 fully saturated rings. The molecule has 0 spiro atoms. The largest absolute Gasteiger partial charge is 0.337 e. The van der Waals surface area contributed by atoms with Gasteiger partial charge >= 0.3 is 0 Å². The summed E-state index contributed by atoms with van der Waals surface area (Å²) in [4.78, 5) is 21.0. The van der Waals surface area contributed by atoms with E-state index in [1.807, 2.05) is 30.3 Å². The molecule has 0 aliphatic rings. The van der Waals surface area contributed by atoms with E-state index in [1.54, 1.807) is 11.6 Å². The predicted molar refractivity (Wildman–Crippen MR) is 81.3 cm³/mol. The SMILES string of the molecule is Cc1noc(Cn2cnc3c(cnn3-c3ccccc3)c2=O)n1. The number of nitrogens with zero attached hydrogens (tertiary/aromatic N) is 6. The van der Waals surface area contributed by atoms with Crippen LogP contribution in [0.25, 0.3) is 16.7 Å². The summed E-state index contributed by atoms with van der Waals surface area (Å²) in [6, 6.07) is 9.54. The zero-order chi connectivity index (χ0) is 15.8. The highest BCUT2D eigenvalue weighted by Crippen LogP contribution is 2.13. The molecule has 23 heavy (non-hydrogen) atoms. The molecule has 0 N–H and O–H groups in total. The van der Waals surface area contributed by atoms with Crippen LogP contribution in [-0.4, -0.2) is 29.5 Å². The van der Waals surface area contributed by atoms with E-state index in [9.17, 15) is 4.79 Å². The molecular weight excluding hydrogens is 296 g/mol. The van der Waals surface area contributed by atoms with Gasteiger partial charge in [-0.3, -0.25) is 9.36 Å². The van der Waals surface area contributed by atoms with Crippen LogP contribution in [-0.2, 0) is 6.54 Å². The lowest BCUT2D eigenvalue weighted by atomic mass is 10.3. The first-order chi connectivity index (χ1) is 11.2. The maximum Gasteiger partial charge on any atom is 0.264 e. The Morgan fingerprint density at radius 2 is 2.04 bits per heavy atom. The lowest BCUT2D eigenvalue weighted by Crippen LogP contribution is -2.21. The average molecular weight is 308 g/mol. The Bertz CT molecular complexity index is 1030. The van der Waals surface area contributed by atoms with Crippen molar-refractivity contribution in [1.29, 1.82) is 0 Å². The van der Waals surface area contributed by atoms with Gasteiger partial charge < -0.3 is 4.52 Å². The van der Waals surface area contributed by atoms with Crippen molar-refractivity contribution in [2.75, 3.05) is 0 Å². The number of aryl methyl sites for hydroxylation is 1. The molecule has 4 rings (SSSR count). The molecule has 0 amide bonds. The van der Waals surface area contributed by atoms with Gasteiger partial charge in [0.1, 0.15) is 18.3 Å². The smallest absolute Gasteiger partial charge is 0.264 e. The lowest BCUT2D eigenvalue weighted by molar-refractivity contribution is 0.366. The summed E-state index contributed by atoms with van der Waals surface area (Å²) in [5.41, 5.74) is 1.16. The van der Waals surface area contributed by atoms with Gasteiger partial charge in [0.05, 0.1) is 11.9 Å².